The lowest BCUT2D eigenvalue weighted by Gasteiger charge is -2.10. The fourth-order valence-electron chi connectivity index (χ4n) is 2.66. The number of sulfone groups is 1. The third kappa shape index (κ3) is 3.72. The summed E-state index contributed by atoms with van der Waals surface area (Å²) < 4.78 is 37.6. The molecule has 28 heavy (non-hydrogen) atoms. The highest BCUT2D eigenvalue weighted by Gasteiger charge is 2.21. The van der Waals surface area contributed by atoms with Crippen molar-refractivity contribution in [3.8, 4) is 11.5 Å². The summed E-state index contributed by atoms with van der Waals surface area (Å²) in [6.07, 6.45) is 1.35. The van der Waals surface area contributed by atoms with Gasteiger partial charge in [0.15, 0.2) is 43.5 Å². The summed E-state index contributed by atoms with van der Waals surface area (Å²) >= 11 is 3.61. The second-order valence-corrected chi connectivity index (χ2v) is 10.6. The first kappa shape index (κ1) is 19.5. The van der Waals surface area contributed by atoms with Crippen molar-refractivity contribution in [2.45, 2.75) is 23.5 Å². The number of anilines is 1. The van der Waals surface area contributed by atoms with Gasteiger partial charge >= 0.3 is 0 Å². The highest BCUT2D eigenvalue weighted by Crippen LogP contribution is 2.41. The fraction of sp³-hybridized carbons (Fsp3) is 0.312. The Morgan fingerprint density at radius 2 is 2.04 bits per heavy atom. The fourth-order valence-corrected chi connectivity index (χ4v) is 5.13. The van der Waals surface area contributed by atoms with Crippen LogP contribution in [0.4, 0.5) is 5.82 Å². The van der Waals surface area contributed by atoms with Gasteiger partial charge in [0.2, 0.25) is 6.79 Å². The van der Waals surface area contributed by atoms with Gasteiger partial charge in [0.1, 0.15) is 6.33 Å². The number of ether oxygens (including phenoxy) is 2. The van der Waals surface area contributed by atoms with Gasteiger partial charge in [-0.15, -0.1) is 0 Å². The van der Waals surface area contributed by atoms with Gasteiger partial charge < -0.3 is 19.8 Å². The summed E-state index contributed by atoms with van der Waals surface area (Å²) in [4.78, 5) is 13.7. The van der Waals surface area contributed by atoms with Gasteiger partial charge in [0, 0.05) is 20.8 Å². The SMILES string of the molecule is CCS(=O)(=O)CCn1c(Sc2cc3c(cc2I)OCO3)nc2c(N)ncnc21. The number of nitrogen functional groups attached to an aromatic ring is 1. The third-order valence-electron chi connectivity index (χ3n) is 4.22. The van der Waals surface area contributed by atoms with E-state index in [1.807, 2.05) is 12.1 Å². The Kier molecular flexibility index (Phi) is 5.26. The van der Waals surface area contributed by atoms with Crippen LogP contribution in [0.25, 0.3) is 11.2 Å². The third-order valence-corrected chi connectivity index (χ3v) is 8.21. The largest absolute Gasteiger partial charge is 0.454 e. The molecule has 0 bridgehead atoms. The van der Waals surface area contributed by atoms with Crippen LogP contribution in [0, 0.1) is 3.57 Å². The predicted molar refractivity (Wildman–Crippen MR) is 113 cm³/mol. The summed E-state index contributed by atoms with van der Waals surface area (Å²) in [6, 6.07) is 3.78. The lowest BCUT2D eigenvalue weighted by atomic mass is 10.3. The average molecular weight is 533 g/mol. The molecule has 0 saturated carbocycles. The van der Waals surface area contributed by atoms with Crippen LogP contribution >= 0.6 is 34.4 Å². The summed E-state index contributed by atoms with van der Waals surface area (Å²) in [5.41, 5.74) is 6.92. The van der Waals surface area contributed by atoms with E-state index in [1.165, 1.54) is 18.1 Å². The Labute approximate surface area is 179 Å². The number of fused-ring (bicyclic) bond motifs is 2. The number of nitrogens with zero attached hydrogens (tertiary/aromatic N) is 4. The van der Waals surface area contributed by atoms with Crippen molar-refractivity contribution in [1.29, 1.82) is 0 Å². The van der Waals surface area contributed by atoms with E-state index in [0.29, 0.717) is 27.8 Å². The maximum absolute atomic E-state index is 12.0. The van der Waals surface area contributed by atoms with E-state index in [-0.39, 0.29) is 30.7 Å². The molecule has 3 heterocycles. The van der Waals surface area contributed by atoms with Crippen molar-refractivity contribution in [2.75, 3.05) is 24.0 Å². The molecule has 1 aliphatic rings. The zero-order valence-corrected chi connectivity index (χ0v) is 18.5. The van der Waals surface area contributed by atoms with Crippen LogP contribution in [0.1, 0.15) is 6.92 Å². The maximum atomic E-state index is 12.0. The molecule has 0 spiro atoms. The molecule has 0 unspecified atom stereocenters. The second kappa shape index (κ2) is 7.55. The Balaban J connectivity index is 1.76. The van der Waals surface area contributed by atoms with Crippen LogP contribution < -0.4 is 15.2 Å². The van der Waals surface area contributed by atoms with E-state index in [0.717, 1.165) is 8.47 Å². The van der Waals surface area contributed by atoms with Crippen LogP contribution in [0.5, 0.6) is 11.5 Å². The van der Waals surface area contributed by atoms with Crippen LogP contribution in [0.3, 0.4) is 0 Å². The van der Waals surface area contributed by atoms with Crippen molar-refractivity contribution in [1.82, 2.24) is 19.5 Å². The van der Waals surface area contributed by atoms with Crippen LogP contribution in [0.15, 0.2) is 28.5 Å². The molecule has 0 radical (unpaired) electrons. The van der Waals surface area contributed by atoms with E-state index in [9.17, 15) is 8.42 Å². The van der Waals surface area contributed by atoms with Crippen LogP contribution in [-0.2, 0) is 16.4 Å². The summed E-state index contributed by atoms with van der Waals surface area (Å²) in [5.74, 6) is 1.69. The zero-order chi connectivity index (χ0) is 19.9. The molecule has 3 aromatic rings. The molecule has 2 N–H and O–H groups in total. The van der Waals surface area contributed by atoms with Gasteiger partial charge in [-0.1, -0.05) is 18.7 Å². The number of aryl methyl sites for hydroxylation is 1. The number of nitrogens with two attached hydrogens (primary N) is 1. The molecule has 1 aromatic carbocycles. The van der Waals surface area contributed by atoms with E-state index < -0.39 is 9.84 Å². The quantitative estimate of drug-likeness (QED) is 0.476. The summed E-state index contributed by atoms with van der Waals surface area (Å²) in [7, 11) is -3.15. The first-order valence-corrected chi connectivity index (χ1v) is 12.0. The molecular weight excluding hydrogens is 517 g/mol. The molecule has 148 valence electrons. The smallest absolute Gasteiger partial charge is 0.231 e. The maximum Gasteiger partial charge on any atom is 0.231 e. The zero-order valence-electron chi connectivity index (χ0n) is 14.8. The first-order valence-electron chi connectivity index (χ1n) is 8.32. The topological polar surface area (TPSA) is 122 Å². The van der Waals surface area contributed by atoms with Gasteiger partial charge in [-0.25, -0.2) is 23.4 Å². The monoisotopic (exact) mass is 533 g/mol. The summed E-state index contributed by atoms with van der Waals surface area (Å²) in [6.45, 7) is 2.05. The Morgan fingerprint density at radius 3 is 2.79 bits per heavy atom. The molecule has 0 atom stereocenters. The lowest BCUT2D eigenvalue weighted by Crippen LogP contribution is -2.15. The first-order chi connectivity index (χ1) is 13.4. The van der Waals surface area contributed by atoms with Crippen LogP contribution in [0.2, 0.25) is 0 Å². The summed E-state index contributed by atoms with van der Waals surface area (Å²) in [5, 5.41) is 0.588. The normalized spacial score (nSPS) is 13.4. The molecule has 4 rings (SSSR count). The number of hydrogen-bond donors (Lipinski definition) is 1. The number of hydrogen-bond acceptors (Lipinski definition) is 9. The molecule has 9 nitrogen and oxygen atoms in total. The Bertz CT molecular complexity index is 1170. The highest BCUT2D eigenvalue weighted by molar-refractivity contribution is 14.1. The number of aromatic nitrogens is 4. The van der Waals surface area contributed by atoms with Crippen molar-refractivity contribution < 1.29 is 17.9 Å². The highest BCUT2D eigenvalue weighted by atomic mass is 127. The number of halogens is 1. The molecule has 0 saturated heterocycles. The minimum Gasteiger partial charge on any atom is -0.454 e. The number of benzene rings is 1. The molecule has 1 aliphatic heterocycles. The van der Waals surface area contributed by atoms with Gasteiger partial charge in [-0.3, -0.25) is 0 Å². The van der Waals surface area contributed by atoms with Gasteiger partial charge in [0.05, 0.1) is 5.75 Å². The Morgan fingerprint density at radius 1 is 1.29 bits per heavy atom. The number of rotatable bonds is 6. The van der Waals surface area contributed by atoms with Crippen molar-refractivity contribution in [3.63, 3.8) is 0 Å². The van der Waals surface area contributed by atoms with E-state index in [4.69, 9.17) is 15.2 Å². The molecule has 12 heteroatoms. The van der Waals surface area contributed by atoms with Crippen molar-refractivity contribution in [2.24, 2.45) is 0 Å². The van der Waals surface area contributed by atoms with Gasteiger partial charge in [-0.2, -0.15) is 0 Å². The van der Waals surface area contributed by atoms with E-state index in [2.05, 4.69) is 37.5 Å². The van der Waals surface area contributed by atoms with Gasteiger partial charge in [-0.05, 0) is 34.7 Å². The van der Waals surface area contributed by atoms with Crippen molar-refractivity contribution >= 4 is 61.2 Å². The average Bonchev–Trinajstić information content (AvgIpc) is 3.25. The molecule has 2 aromatic heterocycles. The predicted octanol–water partition coefficient (Wildman–Crippen LogP) is 2.33. The lowest BCUT2D eigenvalue weighted by molar-refractivity contribution is 0.174. The molecule has 0 fully saturated rings. The minimum absolute atomic E-state index is 0.00927. The van der Waals surface area contributed by atoms with Crippen LogP contribution in [-0.4, -0.2) is 46.2 Å². The number of imidazole rings is 1. The van der Waals surface area contributed by atoms with E-state index in [1.54, 1.807) is 11.5 Å². The molecule has 0 aliphatic carbocycles. The minimum atomic E-state index is -3.15. The van der Waals surface area contributed by atoms with Gasteiger partial charge in [0.25, 0.3) is 0 Å². The van der Waals surface area contributed by atoms with E-state index >= 15 is 0 Å². The molecule has 0 amide bonds. The molecular formula is C16H16IN5O4S2. The standard InChI is InChI=1S/C16H16IN5O4S2/c1-2-28(23,24)4-3-22-15-13(14(18)19-7-20-15)21-16(22)27-12-6-11-10(5-9(12)17)25-8-26-11/h5-7H,2-4,8H2,1H3,(H2,18,19,20). The van der Waals surface area contributed by atoms with Crippen molar-refractivity contribution in [3.05, 3.63) is 22.0 Å². The second-order valence-electron chi connectivity index (χ2n) is 5.95. The Hall–Kier alpha value is -1.80.